The molecule has 1 aromatic carbocycles. The summed E-state index contributed by atoms with van der Waals surface area (Å²) < 4.78 is 1.99. The predicted molar refractivity (Wildman–Crippen MR) is 127 cm³/mol. The number of hydrogen-bond donors (Lipinski definition) is 1. The van der Waals surface area contributed by atoms with Gasteiger partial charge in [0.25, 0.3) is 5.91 Å². The van der Waals surface area contributed by atoms with E-state index in [1.807, 2.05) is 58.6 Å². The van der Waals surface area contributed by atoms with Gasteiger partial charge < -0.3 is 14.8 Å². The van der Waals surface area contributed by atoms with Crippen LogP contribution in [0.3, 0.4) is 0 Å². The Kier molecular flexibility index (Phi) is 6.07. The van der Waals surface area contributed by atoms with Crippen LogP contribution < -0.4 is 5.32 Å². The molecule has 1 aliphatic heterocycles. The van der Waals surface area contributed by atoms with Crippen molar-refractivity contribution in [2.24, 2.45) is 0 Å². The topological polar surface area (TPSA) is 54.3 Å². The van der Waals surface area contributed by atoms with Crippen LogP contribution in [0.25, 0.3) is 5.69 Å². The van der Waals surface area contributed by atoms with Crippen LogP contribution in [0.1, 0.15) is 65.5 Å². The maximum Gasteiger partial charge on any atom is 0.267 e. The molecule has 3 heterocycles. The van der Waals surface area contributed by atoms with Crippen LogP contribution in [-0.4, -0.2) is 27.3 Å². The van der Waals surface area contributed by atoms with Crippen molar-refractivity contribution in [1.29, 1.82) is 0 Å². The fourth-order valence-corrected chi connectivity index (χ4v) is 5.79. The third kappa shape index (κ3) is 4.09. The number of rotatable bonds is 4. The molecule has 0 spiro atoms. The third-order valence-corrected chi connectivity index (χ3v) is 7.59. The number of carbonyl (C=O) groups is 2. The lowest BCUT2D eigenvalue weighted by Gasteiger charge is -2.31. The van der Waals surface area contributed by atoms with Gasteiger partial charge in [-0.3, -0.25) is 9.59 Å². The fourth-order valence-electron chi connectivity index (χ4n) is 4.83. The van der Waals surface area contributed by atoms with Gasteiger partial charge in [0.2, 0.25) is 5.91 Å². The van der Waals surface area contributed by atoms with Gasteiger partial charge in [-0.15, -0.1) is 11.3 Å². The summed E-state index contributed by atoms with van der Waals surface area (Å²) in [6.45, 7) is 0.335. The van der Waals surface area contributed by atoms with E-state index in [-0.39, 0.29) is 17.9 Å². The van der Waals surface area contributed by atoms with E-state index >= 15 is 0 Å². The first-order valence-electron chi connectivity index (χ1n) is 11.2. The molecule has 0 saturated heterocycles. The number of amides is 2. The van der Waals surface area contributed by atoms with Gasteiger partial charge in [0.05, 0.1) is 11.4 Å². The Morgan fingerprint density at radius 3 is 2.56 bits per heavy atom. The molecule has 5 nitrogen and oxygen atoms in total. The van der Waals surface area contributed by atoms with Gasteiger partial charge in [-0.25, -0.2) is 0 Å². The molecule has 1 atom stereocenters. The summed E-state index contributed by atoms with van der Waals surface area (Å²) in [6, 6.07) is 12.8. The average molecular weight is 468 g/mol. The first kappa shape index (κ1) is 21.3. The van der Waals surface area contributed by atoms with Gasteiger partial charge in [-0.05, 0) is 54.1 Å². The Hall–Kier alpha value is -2.57. The van der Waals surface area contributed by atoms with E-state index in [1.54, 1.807) is 4.90 Å². The summed E-state index contributed by atoms with van der Waals surface area (Å²) in [4.78, 5) is 29.8. The minimum atomic E-state index is -0.698. The van der Waals surface area contributed by atoms with Crippen LogP contribution in [0, 0.1) is 0 Å². The molecule has 7 heteroatoms. The molecule has 2 amide bonds. The molecule has 1 aliphatic carbocycles. The second-order valence-corrected chi connectivity index (χ2v) is 9.95. The van der Waals surface area contributed by atoms with Crippen LogP contribution in [-0.2, 0) is 11.3 Å². The van der Waals surface area contributed by atoms with Crippen molar-refractivity contribution < 1.29 is 9.59 Å². The number of thiophene rings is 1. The number of hydrogen-bond acceptors (Lipinski definition) is 3. The SMILES string of the molecule is O=C(NC1CCCCCC1)[C@H]1c2cccn2-c2ccsc2C(=O)N1Cc1ccc(Cl)cc1. The zero-order valence-electron chi connectivity index (χ0n) is 17.8. The lowest BCUT2D eigenvalue weighted by Crippen LogP contribution is -2.46. The predicted octanol–water partition coefficient (Wildman–Crippen LogP) is 5.73. The van der Waals surface area contributed by atoms with Crippen LogP contribution in [0.4, 0.5) is 0 Å². The van der Waals surface area contributed by atoms with Crippen molar-refractivity contribution in [3.05, 3.63) is 75.2 Å². The Bertz CT molecular complexity index is 1110. The Balaban J connectivity index is 1.53. The highest BCUT2D eigenvalue weighted by molar-refractivity contribution is 7.12. The van der Waals surface area contributed by atoms with Crippen molar-refractivity contribution in [3.8, 4) is 5.69 Å². The summed E-state index contributed by atoms with van der Waals surface area (Å²) in [5.41, 5.74) is 2.59. The summed E-state index contributed by atoms with van der Waals surface area (Å²) >= 11 is 7.49. The monoisotopic (exact) mass is 467 g/mol. The van der Waals surface area contributed by atoms with Crippen molar-refractivity contribution in [3.63, 3.8) is 0 Å². The standard InChI is InChI=1S/C25H26ClN3O2S/c26-18-11-9-17(10-12-18)16-29-22(24(30)27-19-6-3-1-2-4-7-19)20-8-5-14-28(20)21-13-15-32-23(21)25(29)31/h5,8-15,19,22H,1-4,6-7,16H2,(H,27,30)/t22-/m1/s1. The normalized spacial score (nSPS) is 19.1. The number of benzene rings is 1. The molecule has 0 unspecified atom stereocenters. The van der Waals surface area contributed by atoms with Crippen molar-refractivity contribution >= 4 is 34.8 Å². The average Bonchev–Trinajstić information content (AvgIpc) is 3.37. The van der Waals surface area contributed by atoms with Gasteiger partial charge >= 0.3 is 0 Å². The zero-order valence-corrected chi connectivity index (χ0v) is 19.4. The summed E-state index contributed by atoms with van der Waals surface area (Å²) in [5.74, 6) is -0.219. The van der Waals surface area contributed by atoms with Crippen LogP contribution in [0.5, 0.6) is 0 Å². The molecule has 2 aromatic heterocycles. The second kappa shape index (κ2) is 9.12. The van der Waals surface area contributed by atoms with Crippen molar-refractivity contribution in [1.82, 2.24) is 14.8 Å². The van der Waals surface area contributed by atoms with Crippen LogP contribution in [0.15, 0.2) is 54.0 Å². The maximum atomic E-state index is 13.7. The van der Waals surface area contributed by atoms with Gasteiger partial charge in [0, 0.05) is 23.8 Å². The lowest BCUT2D eigenvalue weighted by atomic mass is 10.1. The quantitative estimate of drug-likeness (QED) is 0.498. The molecule has 166 valence electrons. The minimum absolute atomic E-state index is 0.102. The maximum absolute atomic E-state index is 13.7. The highest BCUT2D eigenvalue weighted by Gasteiger charge is 2.39. The molecule has 1 saturated carbocycles. The van der Waals surface area contributed by atoms with E-state index in [0.717, 1.165) is 42.6 Å². The van der Waals surface area contributed by atoms with E-state index in [9.17, 15) is 9.59 Å². The highest BCUT2D eigenvalue weighted by Crippen LogP contribution is 2.36. The third-order valence-electron chi connectivity index (χ3n) is 6.45. The molecular weight excluding hydrogens is 442 g/mol. The Morgan fingerprint density at radius 2 is 1.81 bits per heavy atom. The van der Waals surface area contributed by atoms with Gasteiger partial charge in [0.15, 0.2) is 6.04 Å². The van der Waals surface area contributed by atoms with Crippen molar-refractivity contribution in [2.75, 3.05) is 0 Å². The minimum Gasteiger partial charge on any atom is -0.351 e. The highest BCUT2D eigenvalue weighted by atomic mass is 35.5. The summed E-state index contributed by atoms with van der Waals surface area (Å²) in [6.07, 6.45) is 8.65. The molecular formula is C25H26ClN3O2S. The molecule has 2 aliphatic rings. The first-order chi connectivity index (χ1) is 15.6. The van der Waals surface area contributed by atoms with Crippen molar-refractivity contribution in [2.45, 2.75) is 57.2 Å². The number of nitrogens with zero attached hydrogens (tertiary/aromatic N) is 2. The molecule has 0 radical (unpaired) electrons. The molecule has 5 rings (SSSR count). The molecule has 32 heavy (non-hydrogen) atoms. The smallest absolute Gasteiger partial charge is 0.267 e. The van der Waals surface area contributed by atoms with Gasteiger partial charge in [-0.2, -0.15) is 0 Å². The van der Waals surface area contributed by atoms with Gasteiger partial charge in [-0.1, -0.05) is 49.4 Å². The van der Waals surface area contributed by atoms with E-state index in [2.05, 4.69) is 5.32 Å². The van der Waals surface area contributed by atoms with E-state index < -0.39 is 6.04 Å². The molecule has 0 bridgehead atoms. The largest absolute Gasteiger partial charge is 0.351 e. The van der Waals surface area contributed by atoms with E-state index in [4.69, 9.17) is 11.6 Å². The molecule has 3 aromatic rings. The van der Waals surface area contributed by atoms with E-state index in [1.165, 1.54) is 24.2 Å². The number of aromatic nitrogens is 1. The second-order valence-electron chi connectivity index (χ2n) is 8.60. The number of carbonyl (C=O) groups excluding carboxylic acids is 2. The van der Waals surface area contributed by atoms with Crippen LogP contribution in [0.2, 0.25) is 5.02 Å². The number of fused-ring (bicyclic) bond motifs is 3. The Labute approximate surface area is 197 Å². The number of halogens is 1. The fraction of sp³-hybridized carbons (Fsp3) is 0.360. The zero-order chi connectivity index (χ0) is 22.1. The van der Waals surface area contributed by atoms with Gasteiger partial charge in [0.1, 0.15) is 4.88 Å². The molecule has 1 N–H and O–H groups in total. The Morgan fingerprint density at radius 1 is 1.06 bits per heavy atom. The van der Waals surface area contributed by atoms with E-state index in [0.29, 0.717) is 16.4 Å². The number of nitrogens with one attached hydrogen (secondary N) is 1. The first-order valence-corrected chi connectivity index (χ1v) is 12.5. The summed E-state index contributed by atoms with van der Waals surface area (Å²) in [7, 11) is 0. The summed E-state index contributed by atoms with van der Waals surface area (Å²) in [5, 5.41) is 5.86. The lowest BCUT2D eigenvalue weighted by molar-refractivity contribution is -0.127. The van der Waals surface area contributed by atoms with Crippen LogP contribution >= 0.6 is 22.9 Å². The molecule has 1 fully saturated rings.